The molecule has 0 aromatic heterocycles. The molecule has 0 heterocycles. The Hall–Kier alpha value is -1.39. The first-order valence-corrected chi connectivity index (χ1v) is 6.79. The Balaban J connectivity index is 2.58. The summed E-state index contributed by atoms with van der Waals surface area (Å²) in [6.45, 7) is 2.59. The summed E-state index contributed by atoms with van der Waals surface area (Å²) in [4.78, 5) is 10.8. The molecule has 3 N–H and O–H groups in total. The van der Waals surface area contributed by atoms with Crippen LogP contribution in [-0.4, -0.2) is 35.4 Å². The molecule has 1 aromatic carbocycles. The maximum absolute atomic E-state index is 10.8. The maximum Gasteiger partial charge on any atom is 0.304 e. The lowest BCUT2D eigenvalue weighted by Crippen LogP contribution is -2.35. The van der Waals surface area contributed by atoms with E-state index in [2.05, 4.69) is 36.5 Å². The fourth-order valence-corrected chi connectivity index (χ4v) is 2.11. The van der Waals surface area contributed by atoms with Gasteiger partial charge in [-0.05, 0) is 24.0 Å². The van der Waals surface area contributed by atoms with Crippen LogP contribution >= 0.6 is 0 Å². The van der Waals surface area contributed by atoms with E-state index in [0.29, 0.717) is 13.0 Å². The van der Waals surface area contributed by atoms with Crippen LogP contribution in [0.4, 0.5) is 0 Å². The molecule has 0 radical (unpaired) electrons. The number of hydrogen-bond acceptors (Lipinski definition) is 3. The van der Waals surface area contributed by atoms with Gasteiger partial charge in [0.15, 0.2) is 0 Å². The third-order valence-electron chi connectivity index (χ3n) is 3.01. The normalized spacial score (nSPS) is 12.3. The van der Waals surface area contributed by atoms with Crippen molar-refractivity contribution in [2.75, 3.05) is 13.2 Å². The molecule has 0 aliphatic rings. The zero-order valence-electron chi connectivity index (χ0n) is 11.4. The van der Waals surface area contributed by atoms with Gasteiger partial charge in [-0.25, -0.2) is 0 Å². The second kappa shape index (κ2) is 8.67. The van der Waals surface area contributed by atoms with Crippen molar-refractivity contribution in [2.45, 2.75) is 38.6 Å². The highest BCUT2D eigenvalue weighted by molar-refractivity contribution is 5.67. The lowest BCUT2D eigenvalue weighted by Gasteiger charge is -2.16. The molecule has 4 nitrogen and oxygen atoms in total. The molecule has 0 fully saturated rings. The lowest BCUT2D eigenvalue weighted by atomic mass is 10.0. The van der Waals surface area contributed by atoms with Crippen molar-refractivity contribution in [3.8, 4) is 0 Å². The molecule has 0 amide bonds. The molecule has 1 unspecified atom stereocenters. The van der Waals surface area contributed by atoms with Crippen molar-refractivity contribution < 1.29 is 15.0 Å². The maximum atomic E-state index is 10.8. The van der Waals surface area contributed by atoms with E-state index in [1.54, 1.807) is 0 Å². The Morgan fingerprint density at radius 1 is 1.26 bits per heavy atom. The summed E-state index contributed by atoms with van der Waals surface area (Å²) >= 11 is 0. The summed E-state index contributed by atoms with van der Waals surface area (Å²) in [5.41, 5.74) is 2.43. The highest BCUT2D eigenvalue weighted by Gasteiger charge is 2.13. The van der Waals surface area contributed by atoms with Gasteiger partial charge in [-0.3, -0.25) is 4.79 Å². The largest absolute Gasteiger partial charge is 0.481 e. The van der Waals surface area contributed by atoms with E-state index in [-0.39, 0.29) is 19.1 Å². The van der Waals surface area contributed by atoms with Crippen LogP contribution in [0.25, 0.3) is 0 Å². The smallest absolute Gasteiger partial charge is 0.304 e. The number of carboxylic acid groups (broad SMARTS) is 1. The molecule has 1 atom stereocenters. The van der Waals surface area contributed by atoms with E-state index in [1.165, 1.54) is 5.56 Å². The van der Waals surface area contributed by atoms with E-state index in [0.717, 1.165) is 18.4 Å². The van der Waals surface area contributed by atoms with Crippen LogP contribution in [-0.2, 0) is 17.6 Å². The van der Waals surface area contributed by atoms with Crippen LogP contribution in [0.5, 0.6) is 0 Å². The first-order valence-electron chi connectivity index (χ1n) is 6.79. The quantitative estimate of drug-likeness (QED) is 0.634. The predicted molar refractivity (Wildman–Crippen MR) is 75.3 cm³/mol. The topological polar surface area (TPSA) is 69.6 Å². The van der Waals surface area contributed by atoms with Gasteiger partial charge < -0.3 is 15.5 Å². The number of carbonyl (C=O) groups is 1. The van der Waals surface area contributed by atoms with Crippen LogP contribution in [0.2, 0.25) is 0 Å². The zero-order valence-corrected chi connectivity index (χ0v) is 11.4. The summed E-state index contributed by atoms with van der Waals surface area (Å²) in [5.74, 6) is -0.821. The van der Waals surface area contributed by atoms with E-state index < -0.39 is 5.97 Å². The van der Waals surface area contributed by atoms with Crippen molar-refractivity contribution in [2.24, 2.45) is 0 Å². The monoisotopic (exact) mass is 265 g/mol. The van der Waals surface area contributed by atoms with E-state index in [9.17, 15) is 4.79 Å². The molecule has 0 saturated carbocycles. The molecule has 0 spiro atoms. The van der Waals surface area contributed by atoms with Crippen LogP contribution in [0, 0.1) is 0 Å². The Morgan fingerprint density at radius 2 is 1.89 bits per heavy atom. The number of aryl methyl sites for hydroxylation is 1. The average Bonchev–Trinajstić information content (AvgIpc) is 2.38. The molecular formula is C15H23NO3. The molecule has 0 aliphatic carbocycles. The van der Waals surface area contributed by atoms with Gasteiger partial charge >= 0.3 is 5.97 Å². The van der Waals surface area contributed by atoms with Gasteiger partial charge in [-0.1, -0.05) is 37.6 Å². The molecular weight excluding hydrogens is 242 g/mol. The van der Waals surface area contributed by atoms with Crippen molar-refractivity contribution >= 4 is 5.97 Å². The van der Waals surface area contributed by atoms with Gasteiger partial charge in [0, 0.05) is 12.6 Å². The van der Waals surface area contributed by atoms with Gasteiger partial charge in [0.1, 0.15) is 0 Å². The van der Waals surface area contributed by atoms with Crippen molar-refractivity contribution in [1.29, 1.82) is 0 Å². The number of benzene rings is 1. The Morgan fingerprint density at radius 3 is 2.42 bits per heavy atom. The van der Waals surface area contributed by atoms with Crippen LogP contribution in [0.3, 0.4) is 0 Å². The molecule has 0 bridgehead atoms. The summed E-state index contributed by atoms with van der Waals surface area (Å²) in [7, 11) is 0. The van der Waals surface area contributed by atoms with Crippen LogP contribution in [0.15, 0.2) is 24.3 Å². The van der Waals surface area contributed by atoms with Crippen LogP contribution in [0.1, 0.15) is 30.9 Å². The van der Waals surface area contributed by atoms with Gasteiger partial charge in [0.05, 0.1) is 13.0 Å². The van der Waals surface area contributed by atoms with E-state index in [1.807, 2.05) is 0 Å². The van der Waals surface area contributed by atoms with E-state index in [4.69, 9.17) is 10.2 Å². The third kappa shape index (κ3) is 6.36. The highest BCUT2D eigenvalue weighted by Crippen LogP contribution is 2.10. The van der Waals surface area contributed by atoms with E-state index >= 15 is 0 Å². The number of carboxylic acids is 1. The minimum atomic E-state index is -0.821. The summed E-state index contributed by atoms with van der Waals surface area (Å²) in [6.07, 6.45) is 2.93. The number of rotatable bonds is 9. The minimum Gasteiger partial charge on any atom is -0.481 e. The molecule has 19 heavy (non-hydrogen) atoms. The van der Waals surface area contributed by atoms with Crippen molar-refractivity contribution in [3.63, 3.8) is 0 Å². The fourth-order valence-electron chi connectivity index (χ4n) is 2.11. The molecule has 4 heteroatoms. The Bertz CT molecular complexity index is 375. The number of nitrogens with one attached hydrogen (secondary N) is 1. The van der Waals surface area contributed by atoms with Gasteiger partial charge in [0.2, 0.25) is 0 Å². The van der Waals surface area contributed by atoms with Gasteiger partial charge in [-0.2, -0.15) is 0 Å². The number of aliphatic carboxylic acids is 1. The number of aliphatic hydroxyl groups is 1. The summed E-state index contributed by atoms with van der Waals surface area (Å²) in [6, 6.07) is 8.17. The SMILES string of the molecule is CCCc1ccc(CC(CC(=O)O)NCCO)cc1. The van der Waals surface area contributed by atoms with Gasteiger partial charge in [-0.15, -0.1) is 0 Å². The second-order valence-corrected chi connectivity index (χ2v) is 4.74. The highest BCUT2D eigenvalue weighted by atomic mass is 16.4. The summed E-state index contributed by atoms with van der Waals surface area (Å²) in [5, 5.41) is 20.7. The third-order valence-corrected chi connectivity index (χ3v) is 3.01. The van der Waals surface area contributed by atoms with Crippen LogP contribution < -0.4 is 5.32 Å². The molecule has 1 aromatic rings. The zero-order chi connectivity index (χ0) is 14.1. The molecule has 1 rings (SSSR count). The number of aliphatic hydroxyl groups excluding tert-OH is 1. The lowest BCUT2D eigenvalue weighted by molar-refractivity contribution is -0.137. The Kier molecular flexibility index (Phi) is 7.15. The first kappa shape index (κ1) is 15.7. The minimum absolute atomic E-state index is 0.0194. The predicted octanol–water partition coefficient (Wildman–Crippen LogP) is 1.61. The summed E-state index contributed by atoms with van der Waals surface area (Å²) < 4.78 is 0. The molecule has 106 valence electrons. The average molecular weight is 265 g/mol. The first-order chi connectivity index (χ1) is 9.15. The number of hydrogen-bond donors (Lipinski definition) is 3. The molecule has 0 aliphatic heterocycles. The molecule has 0 saturated heterocycles. The standard InChI is InChI=1S/C15H23NO3/c1-2-3-12-4-6-13(7-5-12)10-14(11-15(18)19)16-8-9-17/h4-7,14,16-17H,2-3,8-11H2,1H3,(H,18,19). The van der Waals surface area contributed by atoms with Crippen molar-refractivity contribution in [1.82, 2.24) is 5.32 Å². The van der Waals surface area contributed by atoms with Crippen molar-refractivity contribution in [3.05, 3.63) is 35.4 Å². The van der Waals surface area contributed by atoms with Gasteiger partial charge in [0.25, 0.3) is 0 Å². The second-order valence-electron chi connectivity index (χ2n) is 4.74. The fraction of sp³-hybridized carbons (Fsp3) is 0.533. The Labute approximate surface area is 114 Å².